The first-order chi connectivity index (χ1) is 18.2. The van der Waals surface area contributed by atoms with Gasteiger partial charge in [0, 0.05) is 54.2 Å². The van der Waals surface area contributed by atoms with Gasteiger partial charge in [-0.05, 0) is 48.4 Å². The summed E-state index contributed by atoms with van der Waals surface area (Å²) < 4.78 is 8.07. The topological polar surface area (TPSA) is 70.8 Å². The van der Waals surface area contributed by atoms with Gasteiger partial charge in [0.15, 0.2) is 0 Å². The molecule has 0 unspecified atom stereocenters. The zero-order valence-corrected chi connectivity index (χ0v) is 20.9. The fourth-order valence-electron chi connectivity index (χ4n) is 4.89. The van der Waals surface area contributed by atoms with E-state index in [1.54, 1.807) is 6.20 Å². The zero-order valence-electron chi connectivity index (χ0n) is 20.9. The molecule has 0 radical (unpaired) electrons. The highest BCUT2D eigenvalue weighted by atomic mass is 16.5. The van der Waals surface area contributed by atoms with E-state index in [2.05, 4.69) is 63.0 Å². The Kier molecular flexibility index (Phi) is 8.11. The molecule has 37 heavy (non-hydrogen) atoms. The average molecular weight is 496 g/mol. The fraction of sp³-hybridized carbons (Fsp3) is 0.258. The molecule has 0 bridgehead atoms. The third kappa shape index (κ3) is 6.17. The van der Waals surface area contributed by atoms with E-state index >= 15 is 0 Å². The van der Waals surface area contributed by atoms with Crippen LogP contribution in [-0.2, 0) is 19.7 Å². The summed E-state index contributed by atoms with van der Waals surface area (Å²) in [5, 5.41) is 23.0. The normalized spacial score (nSPS) is 12.4. The summed E-state index contributed by atoms with van der Waals surface area (Å²) in [5.74, 6) is 0.794. The van der Waals surface area contributed by atoms with Gasteiger partial charge >= 0.3 is 0 Å². The van der Waals surface area contributed by atoms with Crippen molar-refractivity contribution in [3.63, 3.8) is 0 Å². The number of hydrogen-bond acceptors (Lipinski definition) is 5. The molecule has 3 aromatic carbocycles. The molecule has 0 aliphatic heterocycles. The van der Waals surface area contributed by atoms with E-state index in [4.69, 9.17) is 4.74 Å². The third-order valence-electron chi connectivity index (χ3n) is 6.62. The van der Waals surface area contributed by atoms with Crippen molar-refractivity contribution in [2.45, 2.75) is 32.2 Å². The van der Waals surface area contributed by atoms with Crippen LogP contribution in [0.15, 0.2) is 97.2 Å². The maximum Gasteiger partial charge on any atom is 0.130 e. The number of hydrogen-bond donors (Lipinski definition) is 2. The number of para-hydroxylation sites is 2. The van der Waals surface area contributed by atoms with Crippen LogP contribution in [0, 0.1) is 0 Å². The Bertz CT molecular complexity index is 1360. The Labute approximate surface area is 217 Å². The summed E-state index contributed by atoms with van der Waals surface area (Å²) in [5.41, 5.74) is 4.28. The first-order valence-electron chi connectivity index (χ1n) is 12.8. The van der Waals surface area contributed by atoms with Crippen LogP contribution in [0.4, 0.5) is 0 Å². The number of aliphatic hydroxyl groups is 2. The van der Waals surface area contributed by atoms with Crippen LogP contribution in [0.3, 0.4) is 0 Å². The number of benzene rings is 3. The lowest BCUT2D eigenvalue weighted by Crippen LogP contribution is -2.35. The molecule has 0 amide bonds. The standard InChI is InChI=1S/C31H33N3O3/c35-19-7-18-33(20-24-13-15-27(16-14-24)37-23-25-8-5-6-17-32-25)21-26(36)22-34-30-11-3-1-9-28(30)29-10-2-4-12-31(29)34/h1-6,8-17,26,35-36H,7,18-23H2/t26-/m1/s1. The van der Waals surface area contributed by atoms with E-state index in [9.17, 15) is 10.2 Å². The van der Waals surface area contributed by atoms with Gasteiger partial charge in [0.1, 0.15) is 12.4 Å². The van der Waals surface area contributed by atoms with E-state index in [1.807, 2.05) is 42.5 Å². The molecule has 2 heterocycles. The van der Waals surface area contributed by atoms with Crippen LogP contribution < -0.4 is 4.74 Å². The van der Waals surface area contributed by atoms with Crippen molar-refractivity contribution in [1.82, 2.24) is 14.5 Å². The second-order valence-electron chi connectivity index (χ2n) is 9.36. The van der Waals surface area contributed by atoms with Crippen molar-refractivity contribution in [2.24, 2.45) is 0 Å². The number of ether oxygens (including phenoxy) is 1. The molecule has 0 spiro atoms. The maximum atomic E-state index is 11.2. The average Bonchev–Trinajstić information content (AvgIpc) is 3.25. The predicted octanol–water partition coefficient (Wildman–Crippen LogP) is 5.01. The molecule has 0 saturated carbocycles. The van der Waals surface area contributed by atoms with Gasteiger partial charge < -0.3 is 19.5 Å². The van der Waals surface area contributed by atoms with Crippen LogP contribution in [0.2, 0.25) is 0 Å². The Balaban J connectivity index is 1.25. The summed E-state index contributed by atoms with van der Waals surface area (Å²) >= 11 is 0. The molecular weight excluding hydrogens is 462 g/mol. The number of rotatable bonds is 12. The van der Waals surface area contributed by atoms with Crippen molar-refractivity contribution in [3.05, 3.63) is 108 Å². The zero-order chi connectivity index (χ0) is 25.5. The van der Waals surface area contributed by atoms with Gasteiger partial charge in [-0.3, -0.25) is 9.88 Å². The van der Waals surface area contributed by atoms with Crippen molar-refractivity contribution in [3.8, 4) is 5.75 Å². The number of fused-ring (bicyclic) bond motifs is 3. The van der Waals surface area contributed by atoms with E-state index < -0.39 is 6.10 Å². The summed E-state index contributed by atoms with van der Waals surface area (Å²) in [6.45, 7) is 2.96. The number of aromatic nitrogens is 2. The highest BCUT2D eigenvalue weighted by Crippen LogP contribution is 2.29. The molecule has 190 valence electrons. The van der Waals surface area contributed by atoms with Gasteiger partial charge in [0.2, 0.25) is 0 Å². The highest BCUT2D eigenvalue weighted by Gasteiger charge is 2.16. The summed E-state index contributed by atoms with van der Waals surface area (Å²) in [7, 11) is 0. The largest absolute Gasteiger partial charge is 0.487 e. The van der Waals surface area contributed by atoms with Gasteiger partial charge in [-0.25, -0.2) is 0 Å². The van der Waals surface area contributed by atoms with Gasteiger partial charge in [0.05, 0.1) is 18.3 Å². The summed E-state index contributed by atoms with van der Waals surface area (Å²) in [6, 6.07) is 30.5. The Morgan fingerprint density at radius 2 is 1.51 bits per heavy atom. The molecule has 6 heteroatoms. The molecule has 6 nitrogen and oxygen atoms in total. The van der Waals surface area contributed by atoms with Gasteiger partial charge in [0.25, 0.3) is 0 Å². The minimum atomic E-state index is -0.557. The molecule has 0 fully saturated rings. The van der Waals surface area contributed by atoms with Crippen LogP contribution >= 0.6 is 0 Å². The lowest BCUT2D eigenvalue weighted by atomic mass is 10.2. The molecule has 0 saturated heterocycles. The van der Waals surface area contributed by atoms with Crippen molar-refractivity contribution in [2.75, 3.05) is 19.7 Å². The molecule has 2 N–H and O–H groups in total. The van der Waals surface area contributed by atoms with Crippen molar-refractivity contribution in [1.29, 1.82) is 0 Å². The monoisotopic (exact) mass is 495 g/mol. The van der Waals surface area contributed by atoms with E-state index in [0.717, 1.165) is 28.0 Å². The molecule has 0 aliphatic carbocycles. The molecule has 5 aromatic rings. The van der Waals surface area contributed by atoms with Crippen LogP contribution in [-0.4, -0.2) is 50.5 Å². The fourth-order valence-corrected chi connectivity index (χ4v) is 4.89. The molecule has 5 rings (SSSR count). The first kappa shape index (κ1) is 25.0. The minimum absolute atomic E-state index is 0.125. The number of pyridine rings is 1. The lowest BCUT2D eigenvalue weighted by Gasteiger charge is -2.26. The van der Waals surface area contributed by atoms with Crippen LogP contribution in [0.25, 0.3) is 21.8 Å². The minimum Gasteiger partial charge on any atom is -0.487 e. The molecule has 2 aromatic heterocycles. The summed E-state index contributed by atoms with van der Waals surface area (Å²) in [6.07, 6.45) is 1.87. The maximum absolute atomic E-state index is 11.2. The SMILES string of the molecule is OCCCN(Cc1ccc(OCc2ccccn2)cc1)C[C@@H](O)Cn1c2ccccc2c2ccccc21. The van der Waals surface area contributed by atoms with Crippen molar-refractivity contribution >= 4 is 21.8 Å². The predicted molar refractivity (Wildman–Crippen MR) is 147 cm³/mol. The van der Waals surface area contributed by atoms with E-state index in [-0.39, 0.29) is 6.61 Å². The summed E-state index contributed by atoms with van der Waals surface area (Å²) in [4.78, 5) is 6.50. The van der Waals surface area contributed by atoms with E-state index in [0.29, 0.717) is 39.2 Å². The quantitative estimate of drug-likeness (QED) is 0.255. The number of aliphatic hydroxyl groups excluding tert-OH is 2. The van der Waals surface area contributed by atoms with Crippen molar-refractivity contribution < 1.29 is 14.9 Å². The van der Waals surface area contributed by atoms with Gasteiger partial charge in [-0.2, -0.15) is 0 Å². The second kappa shape index (κ2) is 12.0. The Morgan fingerprint density at radius 3 is 2.16 bits per heavy atom. The Morgan fingerprint density at radius 1 is 0.838 bits per heavy atom. The molecule has 1 atom stereocenters. The molecule has 0 aliphatic rings. The van der Waals surface area contributed by atoms with Gasteiger partial charge in [-0.1, -0.05) is 54.6 Å². The molecular formula is C31H33N3O3. The smallest absolute Gasteiger partial charge is 0.130 e. The van der Waals surface area contributed by atoms with Gasteiger partial charge in [-0.15, -0.1) is 0 Å². The third-order valence-corrected chi connectivity index (χ3v) is 6.62. The highest BCUT2D eigenvalue weighted by molar-refractivity contribution is 6.07. The number of nitrogens with zero attached hydrogens (tertiary/aromatic N) is 3. The first-order valence-corrected chi connectivity index (χ1v) is 12.8. The van der Waals surface area contributed by atoms with Crippen LogP contribution in [0.1, 0.15) is 17.7 Å². The van der Waals surface area contributed by atoms with Crippen LogP contribution in [0.5, 0.6) is 5.75 Å². The van der Waals surface area contributed by atoms with E-state index in [1.165, 1.54) is 10.8 Å². The second-order valence-corrected chi connectivity index (χ2v) is 9.36. The Hall–Kier alpha value is -3.71. The lowest BCUT2D eigenvalue weighted by molar-refractivity contribution is 0.0921.